The van der Waals surface area contributed by atoms with Gasteiger partial charge in [-0.2, -0.15) is 26.3 Å². The number of ketones is 1. The molecule has 0 unspecified atom stereocenters. The van der Waals surface area contributed by atoms with Gasteiger partial charge in [0, 0.05) is 22.7 Å². The van der Waals surface area contributed by atoms with Gasteiger partial charge in [0.15, 0.2) is 5.78 Å². The highest BCUT2D eigenvalue weighted by Crippen LogP contribution is 2.51. The Hall–Kier alpha value is -2.23. The molecule has 0 saturated carbocycles. The van der Waals surface area contributed by atoms with Crippen LogP contribution in [0, 0.1) is 5.41 Å². The molecule has 1 amide bonds. The largest absolute Gasteiger partial charge is 0.425 e. The van der Waals surface area contributed by atoms with E-state index in [1.807, 2.05) is 0 Å². The van der Waals surface area contributed by atoms with Gasteiger partial charge in [-0.25, -0.2) is 0 Å². The van der Waals surface area contributed by atoms with Gasteiger partial charge in [-0.3, -0.25) is 9.59 Å². The van der Waals surface area contributed by atoms with Crippen molar-refractivity contribution in [2.75, 3.05) is 0 Å². The number of hydrogen-bond donors (Lipinski definition) is 2. The van der Waals surface area contributed by atoms with E-state index in [2.05, 4.69) is 0 Å². The fraction of sp³-hybridized carbons (Fsp3) is 0.444. The number of amides is 1. The Morgan fingerprint density at radius 3 is 2.10 bits per heavy atom. The zero-order chi connectivity index (χ0) is 22.4. The van der Waals surface area contributed by atoms with Crippen molar-refractivity contribution >= 4 is 23.3 Å². The molecule has 0 fully saturated rings. The van der Waals surface area contributed by atoms with Crippen LogP contribution in [0.2, 0.25) is 5.02 Å². The van der Waals surface area contributed by atoms with E-state index < -0.39 is 58.3 Å². The number of alkyl halides is 6. The molecular weight excluding hydrogens is 426 g/mol. The lowest BCUT2D eigenvalue weighted by molar-refractivity contribution is -0.290. The molecule has 0 saturated heterocycles. The van der Waals surface area contributed by atoms with Gasteiger partial charge in [0.05, 0.1) is 5.57 Å². The summed E-state index contributed by atoms with van der Waals surface area (Å²) in [5.74, 6) is -3.14. The Balaban J connectivity index is 2.74. The average molecular weight is 443 g/mol. The molecule has 160 valence electrons. The molecule has 1 aromatic rings. The highest BCUT2D eigenvalue weighted by atomic mass is 35.5. The fourth-order valence-electron chi connectivity index (χ4n) is 3.34. The molecule has 1 aromatic carbocycles. The van der Waals surface area contributed by atoms with Gasteiger partial charge in [-0.1, -0.05) is 31.5 Å². The third kappa shape index (κ3) is 4.22. The summed E-state index contributed by atoms with van der Waals surface area (Å²) in [4.78, 5) is 24.8. The van der Waals surface area contributed by atoms with Crippen LogP contribution in [0.4, 0.5) is 26.3 Å². The zero-order valence-electron chi connectivity index (χ0n) is 15.3. The van der Waals surface area contributed by atoms with E-state index in [1.165, 1.54) is 26.0 Å². The zero-order valence-corrected chi connectivity index (χ0v) is 16.0. The lowest BCUT2D eigenvalue weighted by Gasteiger charge is -2.43. The van der Waals surface area contributed by atoms with Gasteiger partial charge in [-0.05, 0) is 30.0 Å². The van der Waals surface area contributed by atoms with Gasteiger partial charge in [0.1, 0.15) is 0 Å². The van der Waals surface area contributed by atoms with Crippen molar-refractivity contribution < 1.29 is 35.9 Å². The SMILES string of the molecule is CC1(C)CC(=O)C(C(NC(=O)c2cccc(Cl)c2)(C(F)(F)F)C(F)(F)F)=C(N)C1. The van der Waals surface area contributed by atoms with E-state index in [0.29, 0.717) is 0 Å². The predicted octanol–water partition coefficient (Wildman–Crippen LogP) is 4.54. The minimum Gasteiger partial charge on any atom is -0.402 e. The number of carbonyl (C=O) groups excluding carboxylic acids is 2. The number of nitrogens with two attached hydrogens (primary N) is 1. The number of hydrogen-bond acceptors (Lipinski definition) is 3. The second-order valence-corrected chi connectivity index (χ2v) is 7.99. The van der Waals surface area contributed by atoms with Crippen LogP contribution in [0.5, 0.6) is 0 Å². The van der Waals surface area contributed by atoms with Gasteiger partial charge in [0.2, 0.25) is 0 Å². The van der Waals surface area contributed by atoms with Crippen molar-refractivity contribution in [2.45, 2.75) is 44.6 Å². The van der Waals surface area contributed by atoms with Crippen molar-refractivity contribution in [1.82, 2.24) is 5.32 Å². The molecule has 0 aliphatic heterocycles. The second kappa shape index (κ2) is 7.23. The van der Waals surface area contributed by atoms with Gasteiger partial charge in [0.25, 0.3) is 11.4 Å². The number of nitrogens with one attached hydrogen (secondary N) is 1. The van der Waals surface area contributed by atoms with Crippen molar-refractivity contribution in [3.63, 3.8) is 0 Å². The highest BCUT2D eigenvalue weighted by Gasteiger charge is 2.75. The summed E-state index contributed by atoms with van der Waals surface area (Å²) < 4.78 is 83.7. The molecular formula is C18H17ClF6N2O2. The number of benzene rings is 1. The van der Waals surface area contributed by atoms with Crippen LogP contribution in [0.25, 0.3) is 0 Å². The molecule has 2 rings (SSSR count). The summed E-state index contributed by atoms with van der Waals surface area (Å²) in [6.07, 6.45) is -13.2. The normalized spacial score (nSPS) is 18.0. The Morgan fingerprint density at radius 1 is 1.10 bits per heavy atom. The maximum atomic E-state index is 13.9. The van der Waals surface area contributed by atoms with Crippen LogP contribution in [-0.2, 0) is 4.79 Å². The lowest BCUT2D eigenvalue weighted by Crippen LogP contribution is -2.70. The first-order valence-corrected chi connectivity index (χ1v) is 8.63. The molecule has 0 spiro atoms. The third-order valence-electron chi connectivity index (χ3n) is 4.52. The number of allylic oxidation sites excluding steroid dienone is 1. The molecule has 1 aliphatic carbocycles. The summed E-state index contributed by atoms with van der Waals surface area (Å²) in [6, 6.07) is 4.36. The Morgan fingerprint density at radius 2 is 1.66 bits per heavy atom. The van der Waals surface area contributed by atoms with Crippen molar-refractivity contribution in [1.29, 1.82) is 0 Å². The van der Waals surface area contributed by atoms with E-state index in [0.717, 1.165) is 17.4 Å². The first-order valence-electron chi connectivity index (χ1n) is 8.26. The maximum absolute atomic E-state index is 13.9. The highest BCUT2D eigenvalue weighted by molar-refractivity contribution is 6.31. The fourth-order valence-corrected chi connectivity index (χ4v) is 3.53. The van der Waals surface area contributed by atoms with Crippen LogP contribution in [0.3, 0.4) is 0 Å². The van der Waals surface area contributed by atoms with E-state index in [-0.39, 0.29) is 11.4 Å². The van der Waals surface area contributed by atoms with Crippen LogP contribution >= 0.6 is 11.6 Å². The van der Waals surface area contributed by atoms with Crippen LogP contribution < -0.4 is 11.1 Å². The molecule has 1 aliphatic rings. The van der Waals surface area contributed by atoms with Crippen LogP contribution in [0.15, 0.2) is 35.5 Å². The minimum absolute atomic E-state index is 0.0727. The summed E-state index contributed by atoms with van der Waals surface area (Å²) in [5, 5.41) is 0.933. The van der Waals surface area contributed by atoms with E-state index in [4.69, 9.17) is 17.3 Å². The third-order valence-corrected chi connectivity index (χ3v) is 4.76. The van der Waals surface area contributed by atoms with Gasteiger partial charge < -0.3 is 11.1 Å². The molecule has 29 heavy (non-hydrogen) atoms. The predicted molar refractivity (Wildman–Crippen MR) is 93.0 cm³/mol. The number of carbonyl (C=O) groups is 2. The van der Waals surface area contributed by atoms with E-state index >= 15 is 0 Å². The van der Waals surface area contributed by atoms with Gasteiger partial charge in [-0.15, -0.1) is 0 Å². The van der Waals surface area contributed by atoms with Crippen LogP contribution in [0.1, 0.15) is 37.0 Å². The van der Waals surface area contributed by atoms with Crippen molar-refractivity contribution in [3.05, 3.63) is 46.1 Å². The quantitative estimate of drug-likeness (QED) is 0.675. The summed E-state index contributed by atoms with van der Waals surface area (Å²) in [7, 11) is 0. The lowest BCUT2D eigenvalue weighted by atomic mass is 9.70. The number of halogens is 7. The average Bonchev–Trinajstić information content (AvgIpc) is 2.49. The molecule has 0 bridgehead atoms. The number of Topliss-reactive ketones (excluding diaryl/α,β-unsaturated/α-hetero) is 1. The van der Waals surface area contributed by atoms with E-state index in [1.54, 1.807) is 0 Å². The molecule has 0 atom stereocenters. The molecule has 0 radical (unpaired) electrons. The topological polar surface area (TPSA) is 72.2 Å². The summed E-state index contributed by atoms with van der Waals surface area (Å²) >= 11 is 5.66. The number of rotatable bonds is 3. The van der Waals surface area contributed by atoms with Gasteiger partial charge >= 0.3 is 12.4 Å². The molecule has 4 nitrogen and oxygen atoms in total. The standard InChI is InChI=1S/C18H17ClF6N2O2/c1-15(2)7-11(26)13(12(28)8-15)16(17(20,21)22,18(23,24)25)27-14(29)9-4-3-5-10(19)6-9/h3-6H,7-8,26H2,1-2H3,(H,27,29). The van der Waals surface area contributed by atoms with E-state index in [9.17, 15) is 35.9 Å². The Labute approximate surface area is 167 Å². The summed E-state index contributed by atoms with van der Waals surface area (Å²) in [6.45, 7) is 2.98. The molecule has 0 heterocycles. The second-order valence-electron chi connectivity index (χ2n) is 7.55. The van der Waals surface area contributed by atoms with Crippen molar-refractivity contribution in [2.24, 2.45) is 11.1 Å². The molecule has 11 heteroatoms. The minimum atomic E-state index is -6.10. The first-order chi connectivity index (χ1) is 13.0. The Bertz CT molecular complexity index is 860. The van der Waals surface area contributed by atoms with Crippen LogP contribution in [-0.4, -0.2) is 29.6 Å². The Kier molecular flexibility index (Phi) is 5.75. The molecule has 3 N–H and O–H groups in total. The first kappa shape index (κ1) is 23.1. The molecule has 0 aromatic heterocycles. The van der Waals surface area contributed by atoms with Crippen molar-refractivity contribution in [3.8, 4) is 0 Å². The maximum Gasteiger partial charge on any atom is 0.425 e. The monoisotopic (exact) mass is 442 g/mol. The summed E-state index contributed by atoms with van der Waals surface area (Å²) in [5.41, 5.74) is -3.45. The smallest absolute Gasteiger partial charge is 0.402 e.